The first-order chi connectivity index (χ1) is 10.6. The van der Waals surface area contributed by atoms with E-state index in [1.54, 1.807) is 6.92 Å². The molecule has 6 nitrogen and oxygen atoms in total. The summed E-state index contributed by atoms with van der Waals surface area (Å²) in [7, 11) is 2.06. The summed E-state index contributed by atoms with van der Waals surface area (Å²) in [5.41, 5.74) is 3.89. The summed E-state index contributed by atoms with van der Waals surface area (Å²) in [6, 6.07) is 5.96. The second kappa shape index (κ2) is 6.02. The fraction of sp³-hybridized carbons (Fsp3) is 0.400. The normalized spacial score (nSPS) is 14.8. The van der Waals surface area contributed by atoms with Crippen molar-refractivity contribution >= 4 is 23.1 Å². The largest absolute Gasteiger partial charge is 0.387 e. The highest BCUT2D eigenvalue weighted by atomic mass is 32.1. The van der Waals surface area contributed by atoms with Crippen LogP contribution in [0, 0.1) is 6.92 Å². The topological polar surface area (TPSA) is 78.3 Å². The van der Waals surface area contributed by atoms with Gasteiger partial charge in [-0.2, -0.15) is 0 Å². The van der Waals surface area contributed by atoms with Crippen LogP contribution < -0.4 is 10.2 Å². The van der Waals surface area contributed by atoms with Gasteiger partial charge in [0.2, 0.25) is 0 Å². The molecule has 0 bridgehead atoms. The summed E-state index contributed by atoms with van der Waals surface area (Å²) in [5, 5.41) is 16.8. The fourth-order valence-electron chi connectivity index (χ4n) is 2.62. The van der Waals surface area contributed by atoms with Gasteiger partial charge in [0.15, 0.2) is 0 Å². The number of aromatic nitrogens is 2. The SMILES string of the molecule is Cc1nnsc1C(=O)NC[C@@H](O)c1ccc2c(c1)CCN2C. The molecule has 0 aliphatic carbocycles. The average molecular weight is 318 g/mol. The minimum atomic E-state index is -0.721. The lowest BCUT2D eigenvalue weighted by Gasteiger charge is -2.15. The number of nitrogens with zero attached hydrogens (tertiary/aromatic N) is 3. The first-order valence-corrected chi connectivity index (χ1v) is 7.93. The molecule has 0 radical (unpaired) electrons. The van der Waals surface area contributed by atoms with Crippen LogP contribution in [0.5, 0.6) is 0 Å². The third-order valence-corrected chi connectivity index (χ3v) is 4.76. The number of nitrogens with one attached hydrogen (secondary N) is 1. The van der Waals surface area contributed by atoms with Crippen LogP contribution in [0.25, 0.3) is 0 Å². The van der Waals surface area contributed by atoms with Crippen molar-refractivity contribution in [3.05, 3.63) is 39.9 Å². The zero-order chi connectivity index (χ0) is 15.7. The Bertz CT molecular complexity index is 701. The number of benzene rings is 1. The molecule has 2 aromatic rings. The van der Waals surface area contributed by atoms with Gasteiger partial charge in [-0.1, -0.05) is 16.6 Å². The van der Waals surface area contributed by atoms with Crippen LogP contribution >= 0.6 is 11.5 Å². The Labute approximate surface area is 132 Å². The fourth-order valence-corrected chi connectivity index (χ4v) is 3.19. The zero-order valence-corrected chi connectivity index (χ0v) is 13.4. The number of fused-ring (bicyclic) bond motifs is 1. The van der Waals surface area contributed by atoms with E-state index in [1.165, 1.54) is 11.3 Å². The van der Waals surface area contributed by atoms with Gasteiger partial charge in [0.25, 0.3) is 5.91 Å². The summed E-state index contributed by atoms with van der Waals surface area (Å²) >= 11 is 1.06. The lowest BCUT2D eigenvalue weighted by atomic mass is 10.0. The van der Waals surface area contributed by atoms with Crippen molar-refractivity contribution in [1.29, 1.82) is 0 Å². The van der Waals surface area contributed by atoms with Gasteiger partial charge in [-0.05, 0) is 42.1 Å². The molecule has 22 heavy (non-hydrogen) atoms. The van der Waals surface area contributed by atoms with Crippen molar-refractivity contribution in [1.82, 2.24) is 14.9 Å². The second-order valence-corrected chi connectivity index (χ2v) is 6.23. The molecule has 1 amide bonds. The summed E-state index contributed by atoms with van der Waals surface area (Å²) in [4.78, 5) is 14.7. The van der Waals surface area contributed by atoms with E-state index in [0.717, 1.165) is 30.1 Å². The molecule has 1 aromatic heterocycles. The monoisotopic (exact) mass is 318 g/mol. The van der Waals surface area contributed by atoms with Gasteiger partial charge in [-0.15, -0.1) is 5.10 Å². The molecule has 1 atom stereocenters. The molecule has 1 aliphatic heterocycles. The second-order valence-electron chi connectivity index (χ2n) is 5.47. The maximum atomic E-state index is 12.0. The summed E-state index contributed by atoms with van der Waals surface area (Å²) in [6.45, 7) is 2.92. The molecular formula is C15H18N4O2S. The molecule has 116 valence electrons. The number of hydrogen-bond donors (Lipinski definition) is 2. The Kier molecular flexibility index (Phi) is 4.08. The minimum absolute atomic E-state index is 0.171. The number of amides is 1. The average Bonchev–Trinajstić information content (AvgIpc) is 3.10. The number of hydrogen-bond acceptors (Lipinski definition) is 6. The molecule has 0 fully saturated rings. The van der Waals surface area contributed by atoms with Crippen LogP contribution in [0.4, 0.5) is 5.69 Å². The molecule has 1 aliphatic rings. The van der Waals surface area contributed by atoms with Crippen LogP contribution in [0.3, 0.4) is 0 Å². The standard InChI is InChI=1S/C15H18N4O2S/c1-9-14(22-18-17-9)15(21)16-8-13(20)11-3-4-12-10(7-11)5-6-19(12)2/h3-4,7,13,20H,5-6,8H2,1-2H3,(H,16,21)/t13-/m1/s1. The summed E-state index contributed by atoms with van der Waals surface area (Å²) in [5.74, 6) is -0.243. The van der Waals surface area contributed by atoms with E-state index in [4.69, 9.17) is 0 Å². The van der Waals surface area contributed by atoms with Crippen LogP contribution in [0.2, 0.25) is 0 Å². The zero-order valence-electron chi connectivity index (χ0n) is 12.5. The van der Waals surface area contributed by atoms with E-state index in [1.807, 2.05) is 18.2 Å². The molecule has 0 unspecified atom stereocenters. The van der Waals surface area contributed by atoms with Gasteiger partial charge in [0, 0.05) is 25.8 Å². The molecule has 1 aromatic carbocycles. The molecule has 2 N–H and O–H groups in total. The first-order valence-electron chi connectivity index (χ1n) is 7.15. The van der Waals surface area contributed by atoms with Gasteiger partial charge in [-0.3, -0.25) is 4.79 Å². The first kappa shape index (κ1) is 14.9. The highest BCUT2D eigenvalue weighted by molar-refractivity contribution is 7.07. The molecule has 0 saturated carbocycles. The number of aliphatic hydroxyl groups is 1. The highest BCUT2D eigenvalue weighted by Crippen LogP contribution is 2.29. The lowest BCUT2D eigenvalue weighted by molar-refractivity contribution is 0.0919. The number of aryl methyl sites for hydroxylation is 1. The van der Waals surface area contributed by atoms with E-state index in [2.05, 4.69) is 26.9 Å². The van der Waals surface area contributed by atoms with Crippen LogP contribution in [0.1, 0.15) is 32.6 Å². The van der Waals surface area contributed by atoms with Crippen molar-refractivity contribution < 1.29 is 9.90 Å². The minimum Gasteiger partial charge on any atom is -0.387 e. The number of rotatable bonds is 4. The molecule has 3 rings (SSSR count). The van der Waals surface area contributed by atoms with E-state index < -0.39 is 6.10 Å². The Morgan fingerprint density at radius 1 is 1.55 bits per heavy atom. The highest BCUT2D eigenvalue weighted by Gasteiger charge is 2.19. The van der Waals surface area contributed by atoms with Crippen LogP contribution in [-0.4, -0.2) is 40.7 Å². The molecule has 2 heterocycles. The quantitative estimate of drug-likeness (QED) is 0.888. The Morgan fingerprint density at radius 3 is 3.09 bits per heavy atom. The Balaban J connectivity index is 1.64. The summed E-state index contributed by atoms with van der Waals surface area (Å²) < 4.78 is 3.74. The van der Waals surface area contributed by atoms with Gasteiger partial charge in [0.05, 0.1) is 11.8 Å². The molecule has 7 heteroatoms. The Morgan fingerprint density at radius 2 is 2.36 bits per heavy atom. The summed E-state index contributed by atoms with van der Waals surface area (Å²) in [6.07, 6.45) is 0.270. The molecular weight excluding hydrogens is 300 g/mol. The lowest BCUT2D eigenvalue weighted by Crippen LogP contribution is -2.28. The van der Waals surface area contributed by atoms with Crippen molar-refractivity contribution in [2.75, 3.05) is 25.0 Å². The molecule has 0 spiro atoms. The van der Waals surface area contributed by atoms with Gasteiger partial charge < -0.3 is 15.3 Å². The third-order valence-electron chi connectivity index (χ3n) is 3.93. The van der Waals surface area contributed by atoms with E-state index in [-0.39, 0.29) is 12.5 Å². The molecule has 0 saturated heterocycles. The van der Waals surface area contributed by atoms with Crippen molar-refractivity contribution in [2.24, 2.45) is 0 Å². The number of likely N-dealkylation sites (N-methyl/N-ethyl adjacent to an activating group) is 1. The number of anilines is 1. The van der Waals surface area contributed by atoms with Crippen molar-refractivity contribution in [3.63, 3.8) is 0 Å². The maximum absolute atomic E-state index is 12.0. The number of carbonyl (C=O) groups is 1. The smallest absolute Gasteiger partial charge is 0.265 e. The van der Waals surface area contributed by atoms with Gasteiger partial charge >= 0.3 is 0 Å². The van der Waals surface area contributed by atoms with Crippen molar-refractivity contribution in [2.45, 2.75) is 19.4 Å². The van der Waals surface area contributed by atoms with Crippen LogP contribution in [-0.2, 0) is 6.42 Å². The predicted octanol–water partition coefficient (Wildman–Crippen LogP) is 1.30. The number of aliphatic hydroxyl groups excluding tert-OH is 1. The van der Waals surface area contributed by atoms with Gasteiger partial charge in [-0.25, -0.2) is 0 Å². The van der Waals surface area contributed by atoms with E-state index in [9.17, 15) is 9.90 Å². The maximum Gasteiger partial charge on any atom is 0.265 e. The van der Waals surface area contributed by atoms with E-state index in [0.29, 0.717) is 10.6 Å². The van der Waals surface area contributed by atoms with Gasteiger partial charge in [0.1, 0.15) is 4.88 Å². The Hall–Kier alpha value is -1.99. The van der Waals surface area contributed by atoms with Crippen LogP contribution in [0.15, 0.2) is 18.2 Å². The van der Waals surface area contributed by atoms with E-state index >= 15 is 0 Å². The predicted molar refractivity (Wildman–Crippen MR) is 85.4 cm³/mol. The number of carbonyl (C=O) groups excluding carboxylic acids is 1. The third kappa shape index (κ3) is 2.82. The van der Waals surface area contributed by atoms with Crippen molar-refractivity contribution in [3.8, 4) is 0 Å².